The van der Waals surface area contributed by atoms with Crippen molar-refractivity contribution in [2.75, 3.05) is 6.61 Å². The van der Waals surface area contributed by atoms with Gasteiger partial charge in [-0.25, -0.2) is 0 Å². The molecule has 0 saturated carbocycles. The van der Waals surface area contributed by atoms with Crippen LogP contribution in [-0.2, 0) is 33.0 Å². The summed E-state index contributed by atoms with van der Waals surface area (Å²) in [4.78, 5) is 24.4. The average Bonchev–Trinajstić information content (AvgIpc) is 2.69. The minimum atomic E-state index is -1.97. The highest BCUT2D eigenvalue weighted by Gasteiger charge is 2.55. The summed E-state index contributed by atoms with van der Waals surface area (Å²) in [5, 5.41) is 10.1. The van der Waals surface area contributed by atoms with E-state index in [4.69, 9.17) is 23.4 Å². The Kier molecular flexibility index (Phi) is 9.78. The van der Waals surface area contributed by atoms with Crippen molar-refractivity contribution in [3.05, 3.63) is 0 Å². The Hall–Kier alpha value is -1.00. The lowest BCUT2D eigenvalue weighted by molar-refractivity contribution is -0.350. The Morgan fingerprint density at radius 3 is 2.15 bits per heavy atom. The molecule has 0 amide bonds. The van der Waals surface area contributed by atoms with Crippen LogP contribution in [0.4, 0.5) is 0 Å². The monoisotopic (exact) mass is 502 g/mol. The molecule has 0 unspecified atom stereocenters. The van der Waals surface area contributed by atoms with Crippen molar-refractivity contribution in [2.24, 2.45) is 0 Å². The topological polar surface area (TPSA) is 101 Å². The molecule has 2 heterocycles. The van der Waals surface area contributed by atoms with Gasteiger partial charge in [0.15, 0.2) is 14.1 Å². The van der Waals surface area contributed by atoms with Crippen molar-refractivity contribution < 1.29 is 38.1 Å². The molecule has 0 bridgehead atoms. The van der Waals surface area contributed by atoms with Crippen LogP contribution < -0.4 is 0 Å². The Morgan fingerprint density at radius 2 is 1.65 bits per heavy atom. The Bertz CT molecular complexity index is 695. The highest BCUT2D eigenvalue weighted by molar-refractivity contribution is 6.73. The first-order valence-electron chi connectivity index (χ1n) is 12.8. The number of carbonyl (C=O) groups excluding carboxylic acids is 2. The van der Waals surface area contributed by atoms with Crippen LogP contribution >= 0.6 is 0 Å². The summed E-state index contributed by atoms with van der Waals surface area (Å²) in [6, 6.07) is 3.02. The molecule has 2 fully saturated rings. The van der Waals surface area contributed by atoms with Crippen LogP contribution in [0.1, 0.15) is 87.5 Å². The number of esters is 2. The third kappa shape index (κ3) is 8.01. The zero-order valence-corrected chi connectivity index (χ0v) is 23.4. The first-order chi connectivity index (χ1) is 15.7. The number of aliphatic hydroxyl groups is 1. The average molecular weight is 503 g/mol. The molecule has 8 nitrogen and oxygen atoms in total. The van der Waals surface area contributed by atoms with Crippen LogP contribution in [0.3, 0.4) is 0 Å². The second-order valence-electron chi connectivity index (χ2n) is 11.2. The largest absolute Gasteiger partial charge is 0.462 e. The second kappa shape index (κ2) is 11.4. The summed E-state index contributed by atoms with van der Waals surface area (Å²) in [6.07, 6.45) is 0.236. The fraction of sp³-hybridized carbons (Fsp3) is 0.920. The highest BCUT2D eigenvalue weighted by atomic mass is 28.4. The lowest BCUT2D eigenvalue weighted by Crippen LogP contribution is -2.61. The van der Waals surface area contributed by atoms with E-state index in [0.29, 0.717) is 25.7 Å². The molecular weight excluding hydrogens is 456 g/mol. The predicted molar refractivity (Wildman–Crippen MR) is 131 cm³/mol. The molecule has 0 radical (unpaired) electrons. The van der Waals surface area contributed by atoms with Crippen molar-refractivity contribution in [2.45, 2.75) is 141 Å². The van der Waals surface area contributed by atoms with E-state index in [0.717, 1.165) is 18.1 Å². The van der Waals surface area contributed by atoms with Gasteiger partial charge in [0.25, 0.3) is 0 Å². The normalized spacial score (nSPS) is 32.4. The van der Waals surface area contributed by atoms with Crippen molar-refractivity contribution >= 4 is 20.3 Å². The third-order valence-corrected chi connectivity index (χ3v) is 11.7. The molecule has 0 aromatic heterocycles. The molecule has 5 atom stereocenters. The molecule has 0 aromatic carbocycles. The van der Waals surface area contributed by atoms with Gasteiger partial charge >= 0.3 is 11.9 Å². The number of hydrogen-bond donors (Lipinski definition) is 1. The van der Waals surface area contributed by atoms with Gasteiger partial charge in [-0.2, -0.15) is 0 Å². The molecular formula is C25H46O8Si. The molecule has 9 heteroatoms. The van der Waals surface area contributed by atoms with Crippen molar-refractivity contribution in [3.8, 4) is 0 Å². The van der Waals surface area contributed by atoms with E-state index in [-0.39, 0.29) is 25.0 Å². The fourth-order valence-corrected chi connectivity index (χ4v) is 8.64. The summed E-state index contributed by atoms with van der Waals surface area (Å²) >= 11 is 0. The van der Waals surface area contributed by atoms with E-state index in [1.54, 1.807) is 0 Å². The lowest BCUT2D eigenvalue weighted by atomic mass is 9.82. The zero-order valence-electron chi connectivity index (χ0n) is 22.4. The van der Waals surface area contributed by atoms with Gasteiger partial charge in [0.05, 0.1) is 30.8 Å². The number of rotatable bonds is 9. The van der Waals surface area contributed by atoms with E-state index in [1.807, 2.05) is 20.8 Å². The molecule has 2 rings (SSSR count). The summed E-state index contributed by atoms with van der Waals surface area (Å²) in [7, 11) is -1.97. The maximum absolute atomic E-state index is 12.6. The number of carbonyl (C=O) groups is 2. The minimum absolute atomic E-state index is 0.0269. The van der Waals surface area contributed by atoms with Crippen molar-refractivity contribution in [3.63, 3.8) is 0 Å². The van der Waals surface area contributed by atoms with Gasteiger partial charge in [0.1, 0.15) is 11.7 Å². The van der Waals surface area contributed by atoms with E-state index in [9.17, 15) is 14.7 Å². The third-order valence-electron chi connectivity index (χ3n) is 6.88. The van der Waals surface area contributed by atoms with E-state index in [1.165, 1.54) is 6.92 Å². The Balaban J connectivity index is 2.33. The molecule has 2 aliphatic rings. The first-order valence-corrected chi connectivity index (χ1v) is 15.3. The summed E-state index contributed by atoms with van der Waals surface area (Å²) in [5.41, 5.74) is -1.17. The van der Waals surface area contributed by atoms with E-state index >= 15 is 0 Å². The molecule has 0 aliphatic carbocycles. The highest BCUT2D eigenvalue weighted by Crippen LogP contribution is 2.47. The summed E-state index contributed by atoms with van der Waals surface area (Å²) < 4.78 is 30.8. The van der Waals surface area contributed by atoms with Gasteiger partial charge < -0.3 is 28.5 Å². The Morgan fingerprint density at radius 1 is 1.06 bits per heavy atom. The lowest BCUT2D eigenvalue weighted by Gasteiger charge is -2.54. The quantitative estimate of drug-likeness (QED) is 0.364. The van der Waals surface area contributed by atoms with E-state index in [2.05, 4.69) is 27.7 Å². The molecule has 1 N–H and O–H groups in total. The maximum Gasteiger partial charge on any atom is 0.308 e. The number of aliphatic hydroxyl groups excluding tert-OH is 1. The smallest absolute Gasteiger partial charge is 0.308 e. The SMILES string of the molecule is CC[Si](CC)(CC)O[C@@]1(C)C[C@H](CO)O[C@]2(C[C@@H](OC(C)=O)C[C@H](CC(=O)OC(C)(C)C)O2)C1. The Labute approximate surface area is 206 Å². The van der Waals surface area contributed by atoms with Crippen molar-refractivity contribution in [1.82, 2.24) is 0 Å². The van der Waals surface area contributed by atoms with Crippen molar-refractivity contribution in [1.29, 1.82) is 0 Å². The molecule has 2 saturated heterocycles. The van der Waals surface area contributed by atoms with Gasteiger partial charge in [-0.1, -0.05) is 20.8 Å². The maximum atomic E-state index is 12.6. The number of hydrogen-bond acceptors (Lipinski definition) is 8. The first kappa shape index (κ1) is 29.2. The number of ether oxygens (including phenoxy) is 4. The molecule has 0 aromatic rings. The van der Waals surface area contributed by atoms with E-state index < -0.39 is 43.6 Å². The second-order valence-corrected chi connectivity index (χ2v) is 15.9. The minimum Gasteiger partial charge on any atom is -0.462 e. The van der Waals surface area contributed by atoms with Gasteiger partial charge in [0.2, 0.25) is 0 Å². The van der Waals surface area contributed by atoms with Gasteiger partial charge in [-0.05, 0) is 45.8 Å². The molecule has 198 valence electrons. The van der Waals surface area contributed by atoms with Crippen LogP contribution in [0.5, 0.6) is 0 Å². The van der Waals surface area contributed by atoms with Crippen LogP contribution in [0.25, 0.3) is 0 Å². The van der Waals surface area contributed by atoms with Gasteiger partial charge in [-0.3, -0.25) is 9.59 Å². The summed E-state index contributed by atoms with van der Waals surface area (Å²) in [5.74, 6) is -1.89. The van der Waals surface area contributed by atoms with Crippen LogP contribution in [0, 0.1) is 0 Å². The summed E-state index contributed by atoms with van der Waals surface area (Å²) in [6.45, 7) is 15.3. The molecule has 34 heavy (non-hydrogen) atoms. The van der Waals surface area contributed by atoms with Gasteiger partial charge in [0, 0.05) is 32.6 Å². The van der Waals surface area contributed by atoms with Crippen LogP contribution in [0.2, 0.25) is 18.1 Å². The predicted octanol–water partition coefficient (Wildman–Crippen LogP) is 4.48. The van der Waals surface area contributed by atoms with Crippen LogP contribution in [0.15, 0.2) is 0 Å². The molecule has 1 spiro atoms. The van der Waals surface area contributed by atoms with Crippen LogP contribution in [-0.4, -0.2) is 67.3 Å². The van der Waals surface area contributed by atoms with Gasteiger partial charge in [-0.15, -0.1) is 0 Å². The standard InChI is InChI=1S/C25H46O8Si/c1-9-34(10-2,11-3)33-24(8)14-21(16-26)31-25(17-24)15-20(29-18(4)27)12-19(30-25)13-22(28)32-23(5,6)7/h19-21,26H,9-17H2,1-8H3/t19-,20+,21-,24+,25-/m1/s1. The zero-order chi connectivity index (χ0) is 25.8. The fourth-order valence-electron chi connectivity index (χ4n) is 5.51. The molecule has 2 aliphatic heterocycles.